The molecule has 8 heteroatoms. The van der Waals surface area contributed by atoms with Crippen LogP contribution in [0.4, 0.5) is 0 Å². The van der Waals surface area contributed by atoms with Gasteiger partial charge in [-0.05, 0) is 30.9 Å². The van der Waals surface area contributed by atoms with E-state index in [4.69, 9.17) is 9.72 Å². The van der Waals surface area contributed by atoms with Gasteiger partial charge in [0.15, 0.2) is 16.4 Å². The molecular weight excluding hydrogens is 464 g/mol. The van der Waals surface area contributed by atoms with Gasteiger partial charge in [0, 0.05) is 23.5 Å². The number of carbonyl (C=O) groups is 2. The minimum Gasteiger partial charge on any atom is -0.452 e. The molecule has 4 rings (SSSR count). The number of hydrogen-bond donors (Lipinski definition) is 0. The van der Waals surface area contributed by atoms with Crippen LogP contribution in [0.25, 0.3) is 22.2 Å². The molecular formula is C27H30N2O5S. The highest BCUT2D eigenvalue weighted by molar-refractivity contribution is 7.91. The number of sulfone groups is 1. The molecule has 0 N–H and O–H groups in total. The molecule has 0 aliphatic carbocycles. The number of ether oxygens (including phenoxy) is 1. The summed E-state index contributed by atoms with van der Waals surface area (Å²) >= 11 is 0. The van der Waals surface area contributed by atoms with E-state index >= 15 is 0 Å². The Morgan fingerprint density at radius 3 is 2.43 bits per heavy atom. The molecule has 1 aliphatic rings. The van der Waals surface area contributed by atoms with Crippen molar-refractivity contribution in [3.8, 4) is 11.3 Å². The van der Waals surface area contributed by atoms with E-state index in [0.29, 0.717) is 40.7 Å². The molecule has 0 radical (unpaired) electrons. The first-order valence-electron chi connectivity index (χ1n) is 11.8. The fourth-order valence-electron chi connectivity index (χ4n) is 4.60. The maximum absolute atomic E-state index is 13.3. The first-order chi connectivity index (χ1) is 16.7. The molecule has 0 bridgehead atoms. The Morgan fingerprint density at radius 1 is 1.09 bits per heavy atom. The molecule has 0 spiro atoms. The van der Waals surface area contributed by atoms with E-state index in [1.54, 1.807) is 4.90 Å². The summed E-state index contributed by atoms with van der Waals surface area (Å²) in [5.41, 5.74) is 3.27. The highest BCUT2D eigenvalue weighted by Crippen LogP contribution is 2.30. The lowest BCUT2D eigenvalue weighted by Gasteiger charge is -2.29. The molecule has 1 aromatic heterocycles. The Labute approximate surface area is 206 Å². The van der Waals surface area contributed by atoms with Crippen molar-refractivity contribution in [1.29, 1.82) is 0 Å². The molecule has 1 amide bonds. The van der Waals surface area contributed by atoms with Gasteiger partial charge in [0.1, 0.15) is 0 Å². The second-order valence-corrected chi connectivity index (χ2v) is 11.6. The maximum atomic E-state index is 13.3. The predicted molar refractivity (Wildman–Crippen MR) is 136 cm³/mol. The second kappa shape index (κ2) is 10.2. The second-order valence-electron chi connectivity index (χ2n) is 9.42. The number of hydrogen-bond acceptors (Lipinski definition) is 6. The number of nitrogens with zero attached hydrogens (tertiary/aromatic N) is 2. The molecule has 1 fully saturated rings. The Bertz CT molecular complexity index is 1350. The van der Waals surface area contributed by atoms with Crippen LogP contribution in [0, 0.1) is 12.8 Å². The van der Waals surface area contributed by atoms with Crippen LogP contribution >= 0.6 is 0 Å². The average Bonchev–Trinajstić information content (AvgIpc) is 3.20. The third kappa shape index (κ3) is 5.53. The van der Waals surface area contributed by atoms with Crippen molar-refractivity contribution < 1.29 is 22.7 Å². The lowest BCUT2D eigenvalue weighted by atomic mass is 9.98. The van der Waals surface area contributed by atoms with Crippen molar-refractivity contribution in [3.63, 3.8) is 0 Å². The van der Waals surface area contributed by atoms with Gasteiger partial charge in [-0.2, -0.15) is 0 Å². The summed E-state index contributed by atoms with van der Waals surface area (Å²) in [5, 5.41) is 0.656. The van der Waals surface area contributed by atoms with E-state index in [0.717, 1.165) is 5.56 Å². The highest BCUT2D eigenvalue weighted by Gasteiger charge is 2.35. The van der Waals surface area contributed by atoms with Gasteiger partial charge in [-0.15, -0.1) is 0 Å². The molecule has 35 heavy (non-hydrogen) atoms. The summed E-state index contributed by atoms with van der Waals surface area (Å²) in [4.78, 5) is 32.7. The summed E-state index contributed by atoms with van der Waals surface area (Å²) in [7, 11) is -3.15. The van der Waals surface area contributed by atoms with Gasteiger partial charge in [-0.25, -0.2) is 18.2 Å². The van der Waals surface area contributed by atoms with Crippen LogP contribution < -0.4 is 0 Å². The van der Waals surface area contributed by atoms with E-state index in [-0.39, 0.29) is 29.4 Å². The SMILES string of the molecule is Cc1c(-c2ccccc2)nc2ccccc2c1C(=O)OCC(=O)N(CC(C)C)C1CCS(=O)(=O)C1. The van der Waals surface area contributed by atoms with E-state index in [1.807, 2.05) is 75.4 Å². The third-order valence-electron chi connectivity index (χ3n) is 6.25. The Balaban J connectivity index is 1.61. The van der Waals surface area contributed by atoms with E-state index in [1.165, 1.54) is 0 Å². The van der Waals surface area contributed by atoms with E-state index in [9.17, 15) is 18.0 Å². The quantitative estimate of drug-likeness (QED) is 0.460. The van der Waals surface area contributed by atoms with Gasteiger partial charge >= 0.3 is 5.97 Å². The Hall–Kier alpha value is -3.26. The number of carbonyl (C=O) groups excluding carboxylic acids is 2. The number of pyridine rings is 1. The van der Waals surface area contributed by atoms with Gasteiger partial charge in [-0.1, -0.05) is 62.4 Å². The fraction of sp³-hybridized carbons (Fsp3) is 0.370. The van der Waals surface area contributed by atoms with Crippen LogP contribution in [0.5, 0.6) is 0 Å². The summed E-state index contributed by atoms with van der Waals surface area (Å²) in [5.74, 6) is -0.807. The minimum atomic E-state index is -3.15. The van der Waals surface area contributed by atoms with E-state index in [2.05, 4.69) is 0 Å². The van der Waals surface area contributed by atoms with Crippen LogP contribution in [0.1, 0.15) is 36.2 Å². The summed E-state index contributed by atoms with van der Waals surface area (Å²) in [6.07, 6.45) is 0.406. The fourth-order valence-corrected chi connectivity index (χ4v) is 6.33. The number of aromatic nitrogens is 1. The molecule has 1 saturated heterocycles. The van der Waals surface area contributed by atoms with Crippen LogP contribution in [0.3, 0.4) is 0 Å². The number of amides is 1. The summed E-state index contributed by atoms with van der Waals surface area (Å²) in [6, 6.07) is 16.6. The zero-order chi connectivity index (χ0) is 25.2. The molecule has 2 heterocycles. The van der Waals surface area contributed by atoms with Crippen LogP contribution in [0.15, 0.2) is 54.6 Å². The van der Waals surface area contributed by atoms with Crippen molar-refractivity contribution in [2.45, 2.75) is 33.2 Å². The lowest BCUT2D eigenvalue weighted by Crippen LogP contribution is -2.45. The molecule has 1 aliphatic heterocycles. The first kappa shape index (κ1) is 24.9. The minimum absolute atomic E-state index is 0.0477. The summed E-state index contributed by atoms with van der Waals surface area (Å²) in [6.45, 7) is 5.72. The topological polar surface area (TPSA) is 93.6 Å². The zero-order valence-electron chi connectivity index (χ0n) is 20.2. The van der Waals surface area contributed by atoms with Crippen LogP contribution in [-0.2, 0) is 19.4 Å². The number of rotatable bonds is 7. The monoisotopic (exact) mass is 494 g/mol. The number of benzene rings is 2. The van der Waals surface area contributed by atoms with Crippen molar-refractivity contribution in [3.05, 3.63) is 65.7 Å². The number of esters is 1. The Kier molecular flexibility index (Phi) is 7.21. The molecule has 2 aromatic carbocycles. The smallest absolute Gasteiger partial charge is 0.339 e. The molecule has 1 unspecified atom stereocenters. The maximum Gasteiger partial charge on any atom is 0.339 e. The standard InChI is InChI=1S/C27H30N2O5S/c1-18(2)15-29(21-13-14-35(32,33)17-21)24(30)16-34-27(31)25-19(3)26(20-9-5-4-6-10-20)28-23-12-8-7-11-22(23)25/h4-12,18,21H,13-17H2,1-3H3. The number of para-hydroxylation sites is 1. The van der Waals surface area contributed by atoms with Gasteiger partial charge < -0.3 is 9.64 Å². The van der Waals surface area contributed by atoms with Crippen molar-refractivity contribution in [1.82, 2.24) is 9.88 Å². The van der Waals surface area contributed by atoms with Crippen LogP contribution in [0.2, 0.25) is 0 Å². The molecule has 3 aromatic rings. The average molecular weight is 495 g/mol. The van der Waals surface area contributed by atoms with E-state index < -0.39 is 22.4 Å². The summed E-state index contributed by atoms with van der Waals surface area (Å²) < 4.78 is 29.5. The normalized spacial score (nSPS) is 17.0. The Morgan fingerprint density at radius 2 is 1.77 bits per heavy atom. The first-order valence-corrected chi connectivity index (χ1v) is 13.6. The van der Waals surface area contributed by atoms with Crippen molar-refractivity contribution >= 4 is 32.6 Å². The molecule has 7 nitrogen and oxygen atoms in total. The number of fused-ring (bicyclic) bond motifs is 1. The highest BCUT2D eigenvalue weighted by atomic mass is 32.2. The zero-order valence-corrected chi connectivity index (χ0v) is 21.0. The predicted octanol–water partition coefficient (Wildman–Crippen LogP) is 4.04. The van der Waals surface area contributed by atoms with Gasteiger partial charge in [-0.3, -0.25) is 4.79 Å². The van der Waals surface area contributed by atoms with Crippen molar-refractivity contribution in [2.24, 2.45) is 5.92 Å². The van der Waals surface area contributed by atoms with Gasteiger partial charge in [0.05, 0.1) is 28.3 Å². The third-order valence-corrected chi connectivity index (χ3v) is 8.00. The van der Waals surface area contributed by atoms with Gasteiger partial charge in [0.2, 0.25) is 0 Å². The van der Waals surface area contributed by atoms with Crippen molar-refractivity contribution in [2.75, 3.05) is 24.7 Å². The molecule has 184 valence electrons. The lowest BCUT2D eigenvalue weighted by molar-refractivity contribution is -0.137. The van der Waals surface area contributed by atoms with Crippen LogP contribution in [-0.4, -0.2) is 60.9 Å². The molecule has 1 atom stereocenters. The molecule has 0 saturated carbocycles. The van der Waals surface area contributed by atoms with Gasteiger partial charge in [0.25, 0.3) is 5.91 Å². The largest absolute Gasteiger partial charge is 0.452 e.